The third-order valence-electron chi connectivity index (χ3n) is 5.11. The Balaban J connectivity index is 2.15. The zero-order valence-corrected chi connectivity index (χ0v) is 23.2. The van der Waals surface area contributed by atoms with Gasteiger partial charge in [-0.25, -0.2) is 4.79 Å². The second-order valence-corrected chi connectivity index (χ2v) is 13.9. The molecule has 0 saturated heterocycles. The van der Waals surface area contributed by atoms with Crippen molar-refractivity contribution in [3.05, 3.63) is 83.9 Å². The van der Waals surface area contributed by atoms with Crippen LogP contribution in [0, 0.1) is 13.8 Å². The highest BCUT2D eigenvalue weighted by atomic mass is 32.3. The first-order chi connectivity index (χ1) is 17.5. The van der Waals surface area contributed by atoms with Crippen molar-refractivity contribution in [1.29, 1.82) is 0 Å². The quantitative estimate of drug-likeness (QED) is 0.213. The summed E-state index contributed by atoms with van der Waals surface area (Å²) < 4.78 is 81.8. The van der Waals surface area contributed by atoms with Gasteiger partial charge in [-0.3, -0.25) is 0 Å². The minimum Gasteiger partial charge on any atom is -0.482 e. The van der Waals surface area contributed by atoms with E-state index in [9.17, 15) is 26.4 Å². The van der Waals surface area contributed by atoms with E-state index in [4.69, 9.17) is 13.1 Å². The van der Waals surface area contributed by atoms with Crippen LogP contribution >= 0.6 is 10.3 Å². The Hall–Kier alpha value is -3.02. The third-order valence-corrected chi connectivity index (χ3v) is 10.0. The van der Waals surface area contributed by atoms with E-state index in [2.05, 4.69) is 0 Å². The molecule has 0 bridgehead atoms. The third kappa shape index (κ3) is 6.89. The largest absolute Gasteiger partial charge is 0.524 e. The molecule has 3 aromatic carbocycles. The van der Waals surface area contributed by atoms with Crippen LogP contribution in [0.15, 0.2) is 87.5 Å². The monoisotopic (exact) mass is 570 g/mol. The lowest BCUT2D eigenvalue weighted by atomic mass is 10.2. The Morgan fingerprint density at radius 2 is 1.13 bits per heavy atom. The van der Waals surface area contributed by atoms with Crippen LogP contribution in [-0.4, -0.2) is 32.1 Å². The summed E-state index contributed by atoms with van der Waals surface area (Å²) in [5.41, 5.74) is -4.68. The van der Waals surface area contributed by atoms with Gasteiger partial charge in [-0.1, -0.05) is 35.4 Å². The lowest BCUT2D eigenvalue weighted by Crippen LogP contribution is -2.27. The number of carbonyl (C=O) groups is 1. The van der Waals surface area contributed by atoms with Crippen LogP contribution in [0.4, 0.5) is 13.2 Å². The van der Waals surface area contributed by atoms with E-state index in [1.54, 1.807) is 83.1 Å². The molecule has 3 rings (SSSR count). The first-order valence-corrected chi connectivity index (χ1v) is 14.4. The molecule has 0 aliphatic carbocycles. The molecule has 3 aromatic rings. The van der Waals surface area contributed by atoms with Crippen LogP contribution in [0.3, 0.4) is 0 Å². The fraction of sp³-hybridized carbons (Fsp3) is 0.296. The molecule has 0 aliphatic rings. The van der Waals surface area contributed by atoms with E-state index in [0.717, 1.165) is 11.1 Å². The number of hydrogen-bond acceptors (Lipinski definition) is 6. The molecule has 0 atom stereocenters. The lowest BCUT2D eigenvalue weighted by Gasteiger charge is -2.39. The second kappa shape index (κ2) is 11.0. The first-order valence-electron chi connectivity index (χ1n) is 11.5. The summed E-state index contributed by atoms with van der Waals surface area (Å²) >= 11 is 0. The van der Waals surface area contributed by atoms with Crippen LogP contribution in [0.25, 0.3) is 0 Å². The molecule has 38 heavy (non-hydrogen) atoms. The Morgan fingerprint density at radius 1 is 0.737 bits per heavy atom. The van der Waals surface area contributed by atoms with E-state index in [-0.39, 0.29) is 27.0 Å². The van der Waals surface area contributed by atoms with Crippen LogP contribution < -0.4 is 4.74 Å². The van der Waals surface area contributed by atoms with E-state index in [1.807, 2.05) is 0 Å². The van der Waals surface area contributed by atoms with Crippen molar-refractivity contribution in [3.63, 3.8) is 0 Å². The molecular formula is C27H29F3O6S2. The summed E-state index contributed by atoms with van der Waals surface area (Å²) in [7, 11) is -9.46. The van der Waals surface area contributed by atoms with Crippen molar-refractivity contribution < 1.29 is 39.5 Å². The maximum Gasteiger partial charge on any atom is 0.524 e. The highest BCUT2D eigenvalue weighted by Gasteiger charge is 2.52. The molecule has 206 valence electrons. The van der Waals surface area contributed by atoms with E-state index in [1.165, 1.54) is 24.3 Å². The molecule has 6 nitrogen and oxygen atoms in total. The number of benzene rings is 3. The van der Waals surface area contributed by atoms with Gasteiger partial charge in [-0.05, 0) is 93.5 Å². The van der Waals surface area contributed by atoms with Gasteiger partial charge in [0.15, 0.2) is 6.61 Å². The molecule has 0 unspecified atom stereocenters. The number of aryl methyl sites for hydroxylation is 2. The standard InChI is InChI=1S/C27H29F3O6S2/c1-19-6-12-22(13-7-19)37(23-14-8-20(2)9-15-23,36-38(32,33)27(28,29)30)24-16-10-21(11-17-24)34-18-25(31)35-26(3,4)5/h6-17H,18H2,1-5H3. The molecule has 0 amide bonds. The first kappa shape index (κ1) is 29.5. The molecule has 0 radical (unpaired) electrons. The van der Waals surface area contributed by atoms with Gasteiger partial charge in [-0.15, -0.1) is 0 Å². The van der Waals surface area contributed by atoms with Gasteiger partial charge >= 0.3 is 21.6 Å². The highest BCUT2D eigenvalue weighted by Crippen LogP contribution is 2.70. The van der Waals surface area contributed by atoms with Crippen LogP contribution in [-0.2, 0) is 23.3 Å². The number of carbonyl (C=O) groups excluding carboxylic acids is 1. The van der Waals surface area contributed by atoms with Gasteiger partial charge < -0.3 is 9.47 Å². The molecule has 0 aliphatic heterocycles. The predicted molar refractivity (Wildman–Crippen MR) is 139 cm³/mol. The fourth-order valence-corrected chi connectivity index (χ4v) is 8.10. The summed E-state index contributed by atoms with van der Waals surface area (Å²) in [6.07, 6.45) is 0. The maximum absolute atomic E-state index is 13.6. The normalized spacial score (nSPS) is 13.2. The Bertz CT molecular complexity index is 1320. The number of halogens is 3. The summed E-state index contributed by atoms with van der Waals surface area (Å²) in [6.45, 7) is 8.37. The van der Waals surface area contributed by atoms with Crippen molar-refractivity contribution in [2.24, 2.45) is 0 Å². The van der Waals surface area contributed by atoms with E-state index >= 15 is 0 Å². The second-order valence-electron chi connectivity index (χ2n) is 9.50. The Kier molecular flexibility index (Phi) is 8.55. The fourth-order valence-electron chi connectivity index (χ4n) is 3.40. The van der Waals surface area contributed by atoms with Crippen LogP contribution in [0.2, 0.25) is 0 Å². The molecule has 0 spiro atoms. The smallest absolute Gasteiger partial charge is 0.482 e. The van der Waals surface area contributed by atoms with Gasteiger partial charge in [0.2, 0.25) is 0 Å². The van der Waals surface area contributed by atoms with Crippen LogP contribution in [0.1, 0.15) is 31.9 Å². The zero-order valence-electron chi connectivity index (χ0n) is 21.5. The minimum atomic E-state index is -6.02. The maximum atomic E-state index is 13.6. The van der Waals surface area contributed by atoms with Gasteiger partial charge in [0.05, 0.1) is 0 Å². The zero-order chi connectivity index (χ0) is 28.4. The summed E-state index contributed by atoms with van der Waals surface area (Å²) in [4.78, 5) is 12.7. The van der Waals surface area contributed by atoms with Crippen molar-refractivity contribution in [1.82, 2.24) is 0 Å². The topological polar surface area (TPSA) is 78.9 Å². The Labute approximate surface area is 222 Å². The number of rotatable bonds is 8. The summed E-state index contributed by atoms with van der Waals surface area (Å²) in [5, 5.41) is 0. The molecule has 0 heterocycles. The van der Waals surface area contributed by atoms with Crippen molar-refractivity contribution in [2.75, 3.05) is 6.61 Å². The van der Waals surface area contributed by atoms with E-state index < -0.39 is 37.5 Å². The molecule has 0 N–H and O–H groups in total. The van der Waals surface area contributed by atoms with Gasteiger partial charge in [0.1, 0.15) is 11.4 Å². The van der Waals surface area contributed by atoms with Gasteiger partial charge in [-0.2, -0.15) is 25.2 Å². The average molecular weight is 571 g/mol. The molecule has 0 saturated carbocycles. The van der Waals surface area contributed by atoms with Crippen LogP contribution in [0.5, 0.6) is 5.75 Å². The van der Waals surface area contributed by atoms with E-state index in [0.29, 0.717) is 0 Å². The summed E-state index contributed by atoms with van der Waals surface area (Å²) in [6, 6.07) is 18.7. The van der Waals surface area contributed by atoms with Gasteiger partial charge in [0, 0.05) is 14.7 Å². The minimum absolute atomic E-state index is 0.183. The van der Waals surface area contributed by atoms with Crippen molar-refractivity contribution in [3.8, 4) is 5.75 Å². The average Bonchev–Trinajstić information content (AvgIpc) is 2.81. The highest BCUT2D eigenvalue weighted by molar-refractivity contribution is 8.33. The van der Waals surface area contributed by atoms with Crippen molar-refractivity contribution in [2.45, 2.75) is 60.4 Å². The predicted octanol–water partition coefficient (Wildman–Crippen LogP) is 7.09. The molecule has 11 heteroatoms. The van der Waals surface area contributed by atoms with Crippen molar-refractivity contribution >= 4 is 26.4 Å². The number of alkyl halides is 3. The molecular weight excluding hydrogens is 541 g/mol. The SMILES string of the molecule is Cc1ccc(S(OS(=O)(=O)C(F)(F)F)(c2ccc(C)cc2)c2ccc(OCC(=O)OC(C)(C)C)cc2)cc1. The van der Waals surface area contributed by atoms with Gasteiger partial charge in [0.25, 0.3) is 0 Å². The number of esters is 1. The lowest BCUT2D eigenvalue weighted by molar-refractivity contribution is -0.157. The number of hydrogen-bond donors (Lipinski definition) is 0. The summed E-state index contributed by atoms with van der Waals surface area (Å²) in [5.74, 6) is -0.361. The Morgan fingerprint density at radius 3 is 1.50 bits per heavy atom. The molecule has 0 fully saturated rings. The number of ether oxygens (including phenoxy) is 2. The molecule has 0 aromatic heterocycles.